The highest BCUT2D eigenvalue weighted by molar-refractivity contribution is 7.47. The number of allylic oxidation sites excluding steroid dienone is 22. The Morgan fingerprint density at radius 3 is 0.859 bits per heavy atom. The summed E-state index contributed by atoms with van der Waals surface area (Å²) in [6.07, 6.45) is 87.9. The molecule has 0 aliphatic rings. The predicted molar refractivity (Wildman–Crippen MR) is 408 cm³/mol. The van der Waals surface area contributed by atoms with Crippen LogP contribution < -0.4 is 0 Å². The van der Waals surface area contributed by atoms with Crippen LogP contribution in [0.4, 0.5) is 0 Å². The molecule has 0 rings (SSSR count). The van der Waals surface area contributed by atoms with Crippen molar-refractivity contribution in [2.45, 2.75) is 322 Å². The van der Waals surface area contributed by atoms with Crippen LogP contribution in [-0.4, -0.2) is 95.9 Å². The molecular formula is C81H138O16P2. The Bertz CT molecular complexity index is 2330. The van der Waals surface area contributed by atoms with Crippen LogP contribution >= 0.6 is 15.6 Å². The molecule has 5 unspecified atom stereocenters. The van der Waals surface area contributed by atoms with Gasteiger partial charge in [0.1, 0.15) is 25.4 Å². The maximum atomic E-state index is 12.9. The number of esters is 3. The minimum atomic E-state index is -4.94. The number of ether oxygens (including phenoxy) is 3. The van der Waals surface area contributed by atoms with Gasteiger partial charge in [0.05, 0.1) is 26.4 Å². The van der Waals surface area contributed by atoms with E-state index < -0.39 is 91.5 Å². The number of rotatable bonds is 72. The van der Waals surface area contributed by atoms with Crippen molar-refractivity contribution in [1.82, 2.24) is 0 Å². The van der Waals surface area contributed by atoms with E-state index in [4.69, 9.17) is 32.3 Å². The molecule has 0 aromatic carbocycles. The van der Waals surface area contributed by atoms with Crippen molar-refractivity contribution >= 4 is 33.6 Å². The second-order valence-electron chi connectivity index (χ2n) is 25.4. The van der Waals surface area contributed by atoms with Gasteiger partial charge in [0, 0.05) is 19.3 Å². The molecular weight excluding hydrogens is 1290 g/mol. The van der Waals surface area contributed by atoms with Crippen molar-refractivity contribution in [3.05, 3.63) is 134 Å². The molecule has 18 heteroatoms. The Labute approximate surface area is 601 Å². The van der Waals surface area contributed by atoms with E-state index in [0.717, 1.165) is 154 Å². The fourth-order valence-corrected chi connectivity index (χ4v) is 11.6. The van der Waals surface area contributed by atoms with Crippen LogP contribution in [0.1, 0.15) is 303 Å². The van der Waals surface area contributed by atoms with Crippen LogP contribution in [0, 0.1) is 0 Å². The lowest BCUT2D eigenvalue weighted by atomic mass is 10.0. The van der Waals surface area contributed by atoms with Gasteiger partial charge < -0.3 is 34.2 Å². The summed E-state index contributed by atoms with van der Waals surface area (Å²) in [5, 5.41) is 20.6. The lowest BCUT2D eigenvalue weighted by Crippen LogP contribution is -2.30. The van der Waals surface area contributed by atoms with E-state index >= 15 is 0 Å². The average molecular weight is 1430 g/mol. The molecule has 0 aliphatic heterocycles. The number of carbonyl (C=O) groups is 3. The predicted octanol–water partition coefficient (Wildman–Crippen LogP) is 22.3. The molecule has 0 fully saturated rings. The average Bonchev–Trinajstić information content (AvgIpc) is 2.96. The van der Waals surface area contributed by atoms with Crippen LogP contribution in [-0.2, 0) is 55.8 Å². The van der Waals surface area contributed by atoms with Gasteiger partial charge in [-0.25, -0.2) is 9.13 Å². The van der Waals surface area contributed by atoms with Crippen LogP contribution in [0.15, 0.2) is 134 Å². The number of hydrogen-bond acceptors (Lipinski definition) is 14. The number of phosphoric ester groups is 2. The highest BCUT2D eigenvalue weighted by Crippen LogP contribution is 2.45. The van der Waals surface area contributed by atoms with Crippen LogP contribution in [0.25, 0.3) is 0 Å². The largest absolute Gasteiger partial charge is 0.472 e. The zero-order chi connectivity index (χ0) is 72.3. The second-order valence-corrected chi connectivity index (χ2v) is 28.3. The Hall–Kier alpha value is -4.31. The van der Waals surface area contributed by atoms with Crippen LogP contribution in [0.3, 0.4) is 0 Å². The first-order valence-electron chi connectivity index (χ1n) is 38.5. The van der Waals surface area contributed by atoms with Gasteiger partial charge in [-0.3, -0.25) is 32.5 Å². The van der Waals surface area contributed by atoms with E-state index in [9.17, 15) is 43.5 Å². The van der Waals surface area contributed by atoms with Crippen LogP contribution in [0.2, 0.25) is 0 Å². The number of hydrogen-bond donors (Lipinski definition) is 4. The monoisotopic (exact) mass is 1430 g/mol. The smallest absolute Gasteiger partial charge is 0.463 e. The molecule has 0 aromatic heterocycles. The lowest BCUT2D eigenvalue weighted by molar-refractivity contribution is -0.161. The molecule has 5 atom stereocenters. The minimum absolute atomic E-state index is 0.0874. The van der Waals surface area contributed by atoms with Gasteiger partial charge >= 0.3 is 33.6 Å². The quantitative estimate of drug-likeness (QED) is 0.0146. The van der Waals surface area contributed by atoms with Gasteiger partial charge in [0.2, 0.25) is 0 Å². The normalized spacial score (nSPS) is 14.8. The molecule has 0 bridgehead atoms. The highest BCUT2D eigenvalue weighted by Gasteiger charge is 2.29. The molecule has 0 saturated heterocycles. The summed E-state index contributed by atoms with van der Waals surface area (Å²) in [5.41, 5.74) is 0. The number of aliphatic hydroxyl groups is 2. The topological polar surface area (TPSA) is 231 Å². The molecule has 0 aromatic rings. The Morgan fingerprint density at radius 1 is 0.293 bits per heavy atom. The molecule has 99 heavy (non-hydrogen) atoms. The van der Waals surface area contributed by atoms with E-state index in [2.05, 4.69) is 154 Å². The van der Waals surface area contributed by atoms with E-state index in [-0.39, 0.29) is 19.3 Å². The highest BCUT2D eigenvalue weighted by atomic mass is 31.2. The summed E-state index contributed by atoms with van der Waals surface area (Å²) in [4.78, 5) is 58.5. The van der Waals surface area contributed by atoms with Crippen LogP contribution in [0.5, 0.6) is 0 Å². The molecule has 568 valence electrons. The van der Waals surface area contributed by atoms with E-state index in [1.165, 1.54) is 89.9 Å². The number of aliphatic hydroxyl groups excluding tert-OH is 2. The molecule has 4 N–H and O–H groups in total. The molecule has 0 spiro atoms. The third-order valence-electron chi connectivity index (χ3n) is 15.8. The number of unbranched alkanes of at least 4 members (excludes halogenated alkanes) is 27. The van der Waals surface area contributed by atoms with Crippen molar-refractivity contribution in [1.29, 1.82) is 0 Å². The van der Waals surface area contributed by atoms with E-state index in [0.29, 0.717) is 19.3 Å². The second kappa shape index (κ2) is 73.4. The molecule has 0 radical (unpaired) electrons. The van der Waals surface area contributed by atoms with Gasteiger partial charge in [0.15, 0.2) is 6.10 Å². The van der Waals surface area contributed by atoms with Gasteiger partial charge in [0.25, 0.3) is 0 Å². The molecule has 0 heterocycles. The third-order valence-corrected chi connectivity index (χ3v) is 17.7. The van der Waals surface area contributed by atoms with Crippen molar-refractivity contribution in [2.75, 3.05) is 39.6 Å². The first-order chi connectivity index (χ1) is 48.2. The summed E-state index contributed by atoms with van der Waals surface area (Å²) in [5.74, 6) is -1.61. The van der Waals surface area contributed by atoms with Crippen molar-refractivity contribution in [3.63, 3.8) is 0 Å². The van der Waals surface area contributed by atoms with E-state index in [1.807, 2.05) is 0 Å². The van der Waals surface area contributed by atoms with Crippen molar-refractivity contribution in [3.8, 4) is 0 Å². The molecule has 0 aliphatic carbocycles. The fraction of sp³-hybridized carbons (Fsp3) is 0.691. The molecule has 0 saturated carbocycles. The van der Waals surface area contributed by atoms with Gasteiger partial charge in [-0.15, -0.1) is 0 Å². The third kappa shape index (κ3) is 74.7. The van der Waals surface area contributed by atoms with Gasteiger partial charge in [-0.2, -0.15) is 0 Å². The Morgan fingerprint density at radius 2 is 0.535 bits per heavy atom. The zero-order valence-electron chi connectivity index (χ0n) is 61.9. The Balaban J connectivity index is 4.50. The van der Waals surface area contributed by atoms with Crippen molar-refractivity contribution in [2.24, 2.45) is 0 Å². The number of phosphoric acid groups is 2. The molecule has 0 amide bonds. The van der Waals surface area contributed by atoms with Gasteiger partial charge in [-0.1, -0.05) is 283 Å². The van der Waals surface area contributed by atoms with E-state index in [1.54, 1.807) is 0 Å². The van der Waals surface area contributed by atoms with Crippen molar-refractivity contribution < 1.29 is 75.8 Å². The maximum Gasteiger partial charge on any atom is 0.472 e. The fourth-order valence-electron chi connectivity index (χ4n) is 10.0. The zero-order valence-corrected chi connectivity index (χ0v) is 63.7. The summed E-state index contributed by atoms with van der Waals surface area (Å²) < 4.78 is 61.0. The Kier molecular flexibility index (Phi) is 70.2. The minimum Gasteiger partial charge on any atom is -0.463 e. The number of carbonyl (C=O) groups excluding carboxylic acids is 3. The summed E-state index contributed by atoms with van der Waals surface area (Å²) in [6.45, 7) is 2.41. The summed E-state index contributed by atoms with van der Waals surface area (Å²) >= 11 is 0. The molecule has 16 nitrogen and oxygen atoms in total. The lowest BCUT2D eigenvalue weighted by Gasteiger charge is -2.21. The van der Waals surface area contributed by atoms with Gasteiger partial charge in [-0.05, 0) is 135 Å². The first-order valence-corrected chi connectivity index (χ1v) is 41.5. The SMILES string of the molecule is CC/C=C\C/C=C\C/C=C\C/C=C\C/C=C\C/C=C\CCCCCCCCCCCCCCC(=O)OCC(O)COP(=O)(O)OCC(O)COP(=O)(O)OCC(COC(=O)CCCCCC/C=C\C/C=C\C/C=C\C/C=C\CC)OC(=O)CCCCCCC/C=C\CCCCCCCC. The first kappa shape index (κ1) is 94.7. The standard InChI is InChI=1S/C81H138O16P2/c1-4-7-10-13-16-19-22-25-28-30-31-32-33-34-35-36-37-38-39-40-41-42-43-45-48-49-52-55-58-61-64-67-79(84)91-70-76(82)71-93-98(87,88)94-72-77(83)73-95-99(89,90)96-75-78(97-81(86)69-66-63-60-57-54-51-46-27-24-21-18-15-12-9-6-3)74-92-80(85)68-65-62-59-56-53-50-47-44-29-26-23-20-17-14-11-8-5-2/h7-8,10-11,16-17,19-20,25-29,31-32,34-35,37-38,46-47,50,76-78,82-83H,4-6,9,12-15,18,21-24,30,33,36,39-45,48-49,51-75H2,1-3H3,(H,87,88)(H,89,90)/b10-7-,11-8-,19-16-,20-17-,28-25-,29-26-,32-31-,35-34-,38-37-,46-27-,50-47-. The summed E-state index contributed by atoms with van der Waals surface area (Å²) in [7, 11) is -9.80. The maximum absolute atomic E-state index is 12.9. The summed E-state index contributed by atoms with van der Waals surface area (Å²) in [6, 6.07) is 0.